The lowest BCUT2D eigenvalue weighted by Gasteiger charge is -2.26. The zero-order valence-electron chi connectivity index (χ0n) is 14.3. The number of rotatable bonds is 8. The minimum atomic E-state index is -0.444. The molecule has 1 amide bonds. The van der Waals surface area contributed by atoms with E-state index in [4.69, 9.17) is 4.74 Å². The predicted molar refractivity (Wildman–Crippen MR) is 91.9 cm³/mol. The van der Waals surface area contributed by atoms with Crippen molar-refractivity contribution in [1.82, 2.24) is 30.4 Å². The summed E-state index contributed by atoms with van der Waals surface area (Å²) >= 11 is 0. The van der Waals surface area contributed by atoms with E-state index in [-0.39, 0.29) is 5.91 Å². The van der Waals surface area contributed by atoms with Gasteiger partial charge in [-0.05, 0) is 29.0 Å². The number of amides is 1. The molecule has 1 saturated heterocycles. The lowest BCUT2D eigenvalue weighted by molar-refractivity contribution is -0.124. The van der Waals surface area contributed by atoms with Crippen LogP contribution in [0.5, 0.6) is 0 Å². The van der Waals surface area contributed by atoms with Gasteiger partial charge in [-0.25, -0.2) is 4.68 Å². The van der Waals surface area contributed by atoms with E-state index in [1.807, 2.05) is 30.3 Å². The monoisotopic (exact) mass is 344 g/mol. The quantitative estimate of drug-likeness (QED) is 0.693. The van der Waals surface area contributed by atoms with Crippen LogP contribution in [0.1, 0.15) is 18.0 Å². The summed E-state index contributed by atoms with van der Waals surface area (Å²) in [5, 5.41) is 14.2. The highest BCUT2D eigenvalue weighted by Crippen LogP contribution is 2.13. The number of hydrogen-bond donors (Lipinski definition) is 1. The third-order valence-electron chi connectivity index (χ3n) is 4.31. The van der Waals surface area contributed by atoms with Gasteiger partial charge in [-0.15, -0.1) is 5.10 Å². The van der Waals surface area contributed by atoms with Crippen LogP contribution >= 0.6 is 0 Å². The molecule has 1 aromatic carbocycles. The fourth-order valence-corrected chi connectivity index (χ4v) is 2.91. The standard InChI is InChI=1S/C17H24N6O2/c24-17(18-7-4-8-22-9-11-25-12-10-22)16(23-14-19-20-21-23)13-15-5-2-1-3-6-15/h1-3,5-6,14,16H,4,7-13H2,(H,18,24). The molecule has 1 aliphatic heterocycles. The average molecular weight is 344 g/mol. The first-order valence-electron chi connectivity index (χ1n) is 8.67. The average Bonchev–Trinajstić information content (AvgIpc) is 3.19. The second-order valence-corrected chi connectivity index (χ2v) is 6.09. The van der Waals surface area contributed by atoms with E-state index < -0.39 is 6.04 Å². The van der Waals surface area contributed by atoms with Crippen LogP contribution in [0, 0.1) is 0 Å². The largest absolute Gasteiger partial charge is 0.379 e. The number of morpholine rings is 1. The Morgan fingerprint density at radius 1 is 1.24 bits per heavy atom. The normalized spacial score (nSPS) is 16.5. The molecule has 1 aromatic heterocycles. The maximum absolute atomic E-state index is 12.6. The van der Waals surface area contributed by atoms with Crippen LogP contribution in [-0.4, -0.2) is 70.4 Å². The molecule has 8 heteroatoms. The van der Waals surface area contributed by atoms with Gasteiger partial charge < -0.3 is 10.1 Å². The molecule has 1 aliphatic rings. The highest BCUT2D eigenvalue weighted by Gasteiger charge is 2.22. The molecule has 25 heavy (non-hydrogen) atoms. The number of nitrogens with zero attached hydrogens (tertiary/aromatic N) is 5. The van der Waals surface area contributed by atoms with Crippen molar-refractivity contribution in [1.29, 1.82) is 0 Å². The Hall–Kier alpha value is -2.32. The highest BCUT2D eigenvalue weighted by molar-refractivity contribution is 5.80. The van der Waals surface area contributed by atoms with Gasteiger partial charge in [0.25, 0.3) is 0 Å². The Balaban J connectivity index is 1.50. The van der Waals surface area contributed by atoms with Crippen molar-refractivity contribution in [3.8, 4) is 0 Å². The molecule has 1 unspecified atom stereocenters. The summed E-state index contributed by atoms with van der Waals surface area (Å²) in [6, 6.07) is 9.45. The van der Waals surface area contributed by atoms with Crippen LogP contribution < -0.4 is 5.32 Å². The molecule has 8 nitrogen and oxygen atoms in total. The van der Waals surface area contributed by atoms with Gasteiger partial charge in [-0.3, -0.25) is 9.69 Å². The molecule has 3 rings (SSSR count). The number of tetrazole rings is 1. The van der Waals surface area contributed by atoms with Crippen molar-refractivity contribution in [2.24, 2.45) is 0 Å². The SMILES string of the molecule is O=C(NCCCN1CCOCC1)C(Cc1ccccc1)n1cnnn1. The number of carbonyl (C=O) groups is 1. The van der Waals surface area contributed by atoms with Crippen LogP contribution in [0.3, 0.4) is 0 Å². The number of carbonyl (C=O) groups excluding carboxylic acids is 1. The molecule has 2 aromatic rings. The second kappa shape index (κ2) is 9.24. The smallest absolute Gasteiger partial charge is 0.245 e. The number of aromatic nitrogens is 4. The van der Waals surface area contributed by atoms with Gasteiger partial charge in [-0.1, -0.05) is 30.3 Å². The summed E-state index contributed by atoms with van der Waals surface area (Å²) in [5.74, 6) is -0.0573. The van der Waals surface area contributed by atoms with Crippen molar-refractivity contribution in [3.63, 3.8) is 0 Å². The van der Waals surface area contributed by atoms with Crippen LogP contribution in [0.2, 0.25) is 0 Å². The van der Waals surface area contributed by atoms with Crippen LogP contribution in [0.25, 0.3) is 0 Å². The molecule has 0 aliphatic carbocycles. The summed E-state index contributed by atoms with van der Waals surface area (Å²) in [6.07, 6.45) is 2.96. The summed E-state index contributed by atoms with van der Waals surface area (Å²) in [7, 11) is 0. The molecule has 0 radical (unpaired) electrons. The molecule has 0 bridgehead atoms. The Kier molecular flexibility index (Phi) is 6.47. The van der Waals surface area contributed by atoms with Gasteiger partial charge in [0.05, 0.1) is 13.2 Å². The van der Waals surface area contributed by atoms with E-state index in [1.54, 1.807) is 0 Å². The number of hydrogen-bond acceptors (Lipinski definition) is 6. The van der Waals surface area contributed by atoms with E-state index in [0.29, 0.717) is 13.0 Å². The zero-order valence-corrected chi connectivity index (χ0v) is 14.3. The predicted octanol–water partition coefficient (Wildman–Crippen LogP) is 0.295. The van der Waals surface area contributed by atoms with Crippen molar-refractivity contribution in [2.45, 2.75) is 18.9 Å². The van der Waals surface area contributed by atoms with Gasteiger partial charge in [-0.2, -0.15) is 0 Å². The molecule has 0 spiro atoms. The third-order valence-corrected chi connectivity index (χ3v) is 4.31. The Labute approximate surface area is 147 Å². The third kappa shape index (κ3) is 5.33. The van der Waals surface area contributed by atoms with Gasteiger partial charge >= 0.3 is 0 Å². The lowest BCUT2D eigenvalue weighted by atomic mass is 10.1. The lowest BCUT2D eigenvalue weighted by Crippen LogP contribution is -2.39. The van der Waals surface area contributed by atoms with Gasteiger partial charge in [0, 0.05) is 26.1 Å². The summed E-state index contributed by atoms with van der Waals surface area (Å²) in [4.78, 5) is 15.0. The molecule has 134 valence electrons. The maximum Gasteiger partial charge on any atom is 0.245 e. The van der Waals surface area contributed by atoms with E-state index in [0.717, 1.165) is 44.8 Å². The summed E-state index contributed by atoms with van der Waals surface area (Å²) in [6.45, 7) is 5.14. The van der Waals surface area contributed by atoms with Crippen LogP contribution in [0.15, 0.2) is 36.7 Å². The van der Waals surface area contributed by atoms with E-state index in [1.165, 1.54) is 11.0 Å². The van der Waals surface area contributed by atoms with Crippen molar-refractivity contribution in [3.05, 3.63) is 42.2 Å². The minimum Gasteiger partial charge on any atom is -0.379 e. The Bertz CT molecular complexity index is 628. The van der Waals surface area contributed by atoms with Crippen LogP contribution in [0.4, 0.5) is 0 Å². The Morgan fingerprint density at radius 3 is 2.76 bits per heavy atom. The molecule has 2 heterocycles. The first-order valence-corrected chi connectivity index (χ1v) is 8.67. The van der Waals surface area contributed by atoms with Crippen LogP contribution in [-0.2, 0) is 16.0 Å². The van der Waals surface area contributed by atoms with Gasteiger partial charge in [0.2, 0.25) is 5.91 Å². The number of nitrogens with one attached hydrogen (secondary N) is 1. The molecule has 0 saturated carbocycles. The number of ether oxygens (including phenoxy) is 1. The molecule has 1 N–H and O–H groups in total. The molecule has 1 atom stereocenters. The Morgan fingerprint density at radius 2 is 2.04 bits per heavy atom. The van der Waals surface area contributed by atoms with E-state index in [9.17, 15) is 4.79 Å². The first kappa shape index (κ1) is 17.5. The zero-order chi connectivity index (χ0) is 17.3. The second-order valence-electron chi connectivity index (χ2n) is 6.09. The topological polar surface area (TPSA) is 85.2 Å². The molecule has 1 fully saturated rings. The minimum absolute atomic E-state index is 0.0573. The maximum atomic E-state index is 12.6. The van der Waals surface area contributed by atoms with Crippen molar-refractivity contribution < 1.29 is 9.53 Å². The fraction of sp³-hybridized carbons (Fsp3) is 0.529. The first-order chi connectivity index (χ1) is 12.3. The molecular weight excluding hydrogens is 320 g/mol. The highest BCUT2D eigenvalue weighted by atomic mass is 16.5. The summed E-state index contributed by atoms with van der Waals surface area (Å²) < 4.78 is 6.86. The summed E-state index contributed by atoms with van der Waals surface area (Å²) in [5.41, 5.74) is 1.08. The van der Waals surface area contributed by atoms with Gasteiger partial charge in [0.15, 0.2) is 0 Å². The van der Waals surface area contributed by atoms with E-state index >= 15 is 0 Å². The van der Waals surface area contributed by atoms with Gasteiger partial charge in [0.1, 0.15) is 12.4 Å². The van der Waals surface area contributed by atoms with Crippen molar-refractivity contribution >= 4 is 5.91 Å². The number of benzene rings is 1. The van der Waals surface area contributed by atoms with Crippen molar-refractivity contribution in [2.75, 3.05) is 39.4 Å². The fourth-order valence-electron chi connectivity index (χ4n) is 2.91. The molecular formula is C17H24N6O2. The van der Waals surface area contributed by atoms with E-state index in [2.05, 4.69) is 25.7 Å².